The van der Waals surface area contributed by atoms with Gasteiger partial charge in [-0.05, 0) is 44.7 Å². The molecule has 3 aromatic rings. The highest BCUT2D eigenvalue weighted by Crippen LogP contribution is 2.29. The van der Waals surface area contributed by atoms with Gasteiger partial charge in [0.2, 0.25) is 5.91 Å². The van der Waals surface area contributed by atoms with E-state index in [0.717, 1.165) is 61.5 Å². The van der Waals surface area contributed by atoms with E-state index >= 15 is 0 Å². The molecule has 0 N–H and O–H groups in total. The largest absolute Gasteiger partial charge is 0.492 e. The summed E-state index contributed by atoms with van der Waals surface area (Å²) in [5.74, 6) is 0.978. The molecule has 8 nitrogen and oxygen atoms in total. The van der Waals surface area contributed by atoms with Crippen LogP contribution in [0.25, 0.3) is 5.52 Å². The van der Waals surface area contributed by atoms with Crippen LogP contribution in [0.5, 0.6) is 5.75 Å². The summed E-state index contributed by atoms with van der Waals surface area (Å²) in [6.45, 7) is 5.88. The summed E-state index contributed by atoms with van der Waals surface area (Å²) in [5, 5.41) is 4.59. The van der Waals surface area contributed by atoms with Gasteiger partial charge in [0.05, 0.1) is 18.0 Å². The number of fused-ring (bicyclic) bond motifs is 3. The zero-order valence-electron chi connectivity index (χ0n) is 19.2. The van der Waals surface area contributed by atoms with Gasteiger partial charge in [-0.3, -0.25) is 9.59 Å². The Morgan fingerprint density at radius 2 is 1.85 bits per heavy atom. The maximum Gasteiger partial charge on any atom is 0.276 e. The third kappa shape index (κ3) is 4.21. The zero-order chi connectivity index (χ0) is 22.8. The molecule has 1 aromatic carbocycles. The van der Waals surface area contributed by atoms with Crippen LogP contribution in [-0.4, -0.2) is 57.8 Å². The predicted octanol–water partition coefficient (Wildman–Crippen LogP) is 2.51. The van der Waals surface area contributed by atoms with Crippen molar-refractivity contribution in [2.75, 3.05) is 37.7 Å². The summed E-state index contributed by atoms with van der Waals surface area (Å²) < 4.78 is 9.15. The third-order valence-corrected chi connectivity index (χ3v) is 6.74. The first-order valence-corrected chi connectivity index (χ1v) is 12.0. The molecule has 0 saturated carbocycles. The Balaban J connectivity index is 1.22. The van der Waals surface area contributed by atoms with Crippen LogP contribution in [0.2, 0.25) is 0 Å². The van der Waals surface area contributed by atoms with Gasteiger partial charge in [0.25, 0.3) is 5.56 Å². The Hall–Kier alpha value is -3.29. The summed E-state index contributed by atoms with van der Waals surface area (Å²) >= 11 is 0. The number of hydrogen-bond acceptors (Lipinski definition) is 5. The maximum absolute atomic E-state index is 13.1. The first-order valence-electron chi connectivity index (χ1n) is 12.0. The van der Waals surface area contributed by atoms with Gasteiger partial charge in [0.1, 0.15) is 11.3 Å². The number of benzene rings is 1. The second-order valence-electron chi connectivity index (χ2n) is 8.74. The molecule has 1 fully saturated rings. The van der Waals surface area contributed by atoms with E-state index in [0.29, 0.717) is 38.2 Å². The first-order chi connectivity index (χ1) is 16.2. The fourth-order valence-corrected chi connectivity index (χ4v) is 5.00. The van der Waals surface area contributed by atoms with Crippen LogP contribution < -0.4 is 15.2 Å². The summed E-state index contributed by atoms with van der Waals surface area (Å²) in [5.41, 5.74) is 3.86. The smallest absolute Gasteiger partial charge is 0.276 e. The molecule has 3 heterocycles. The number of anilines is 1. The van der Waals surface area contributed by atoms with Gasteiger partial charge in [-0.2, -0.15) is 5.10 Å². The molecule has 0 bridgehead atoms. The number of carbonyl (C=O) groups is 1. The molecule has 1 saturated heterocycles. The van der Waals surface area contributed by atoms with Crippen LogP contribution in [0, 0.1) is 0 Å². The number of nitrogens with zero attached hydrogens (tertiary/aromatic N) is 5. The second-order valence-corrected chi connectivity index (χ2v) is 8.74. The zero-order valence-corrected chi connectivity index (χ0v) is 19.2. The van der Waals surface area contributed by atoms with E-state index in [1.807, 2.05) is 36.2 Å². The van der Waals surface area contributed by atoms with Crippen molar-refractivity contribution in [1.82, 2.24) is 19.1 Å². The minimum Gasteiger partial charge on any atom is -0.492 e. The van der Waals surface area contributed by atoms with Crippen LogP contribution in [0.1, 0.15) is 37.4 Å². The molecule has 0 atom stereocenters. The molecule has 0 unspecified atom stereocenters. The van der Waals surface area contributed by atoms with Crippen molar-refractivity contribution in [3.63, 3.8) is 0 Å². The molecular weight excluding hydrogens is 418 g/mol. The summed E-state index contributed by atoms with van der Waals surface area (Å²) in [4.78, 5) is 30.2. The quantitative estimate of drug-likeness (QED) is 0.578. The fraction of sp³-hybridized carbons (Fsp3) is 0.480. The van der Waals surface area contributed by atoms with Crippen LogP contribution in [0.4, 0.5) is 5.69 Å². The van der Waals surface area contributed by atoms with E-state index in [-0.39, 0.29) is 11.5 Å². The van der Waals surface area contributed by atoms with Gasteiger partial charge in [-0.25, -0.2) is 4.52 Å². The lowest BCUT2D eigenvalue weighted by Gasteiger charge is -2.36. The van der Waals surface area contributed by atoms with Crippen LogP contribution in [-0.2, 0) is 24.2 Å². The van der Waals surface area contributed by atoms with E-state index < -0.39 is 0 Å². The molecule has 1 aliphatic heterocycles. The van der Waals surface area contributed by atoms with Crippen molar-refractivity contribution in [3.05, 3.63) is 58.3 Å². The van der Waals surface area contributed by atoms with Gasteiger partial charge in [0, 0.05) is 57.1 Å². The minimum absolute atomic E-state index is 0.0432. The average Bonchev–Trinajstić information content (AvgIpc) is 3.23. The van der Waals surface area contributed by atoms with Gasteiger partial charge < -0.3 is 19.1 Å². The summed E-state index contributed by atoms with van der Waals surface area (Å²) in [7, 11) is 0. The van der Waals surface area contributed by atoms with Gasteiger partial charge in [-0.1, -0.05) is 12.1 Å². The second kappa shape index (κ2) is 9.29. The number of amides is 1. The molecule has 2 aromatic heterocycles. The number of carbonyl (C=O) groups excluding carboxylic acids is 1. The number of para-hydroxylation sites is 2. The standard InChI is InChI=1S/C25H31N5O3/c1-2-33-22-10-6-5-9-21(22)27-13-15-28(16-14-27)23(31)11-12-29-17-18-30-24(25(29)32)19-7-3-4-8-20(19)26-30/h5-6,9-10,17-18H,2-4,7-8,11-16H2,1H3. The van der Waals surface area contributed by atoms with Gasteiger partial charge in [0.15, 0.2) is 0 Å². The number of piperazine rings is 1. The number of aromatic nitrogens is 3. The Morgan fingerprint density at radius 3 is 2.67 bits per heavy atom. The average molecular weight is 450 g/mol. The van der Waals surface area contributed by atoms with E-state index in [4.69, 9.17) is 4.74 Å². The number of aryl methyl sites for hydroxylation is 3. The topological polar surface area (TPSA) is 72.1 Å². The first kappa shape index (κ1) is 21.6. The van der Waals surface area contributed by atoms with Gasteiger partial charge in [-0.15, -0.1) is 0 Å². The summed E-state index contributed by atoms with van der Waals surface area (Å²) in [6.07, 6.45) is 8.00. The van der Waals surface area contributed by atoms with Crippen LogP contribution in [0.15, 0.2) is 41.5 Å². The number of ether oxygens (including phenoxy) is 1. The molecule has 5 rings (SSSR count). The molecule has 1 aliphatic carbocycles. The van der Waals surface area contributed by atoms with Gasteiger partial charge >= 0.3 is 0 Å². The van der Waals surface area contributed by atoms with E-state index in [1.54, 1.807) is 15.3 Å². The monoisotopic (exact) mass is 449 g/mol. The third-order valence-electron chi connectivity index (χ3n) is 6.74. The molecule has 1 amide bonds. The molecule has 2 aliphatic rings. The normalized spacial score (nSPS) is 16.2. The minimum atomic E-state index is -0.0432. The van der Waals surface area contributed by atoms with Crippen LogP contribution >= 0.6 is 0 Å². The van der Waals surface area contributed by atoms with Crippen molar-refractivity contribution >= 4 is 17.1 Å². The van der Waals surface area contributed by atoms with E-state index in [9.17, 15) is 9.59 Å². The molecule has 33 heavy (non-hydrogen) atoms. The van der Waals surface area contributed by atoms with E-state index in [1.165, 1.54) is 0 Å². The van der Waals surface area contributed by atoms with Crippen molar-refractivity contribution in [3.8, 4) is 5.75 Å². The van der Waals surface area contributed by atoms with Crippen LogP contribution in [0.3, 0.4) is 0 Å². The lowest BCUT2D eigenvalue weighted by atomic mass is 9.97. The maximum atomic E-state index is 13.1. The molecular formula is C25H31N5O3. The SMILES string of the molecule is CCOc1ccccc1N1CCN(C(=O)CCn2ccn3nc4c(c3c2=O)CCCC4)CC1. The highest BCUT2D eigenvalue weighted by atomic mass is 16.5. The molecule has 8 heteroatoms. The van der Waals surface area contributed by atoms with Crippen molar-refractivity contribution in [2.24, 2.45) is 0 Å². The number of rotatable bonds is 6. The highest BCUT2D eigenvalue weighted by Gasteiger charge is 2.24. The Morgan fingerprint density at radius 1 is 1.06 bits per heavy atom. The summed E-state index contributed by atoms with van der Waals surface area (Å²) in [6, 6.07) is 8.05. The molecule has 174 valence electrons. The lowest BCUT2D eigenvalue weighted by molar-refractivity contribution is -0.131. The Bertz CT molecular complexity index is 1210. The fourth-order valence-electron chi connectivity index (χ4n) is 5.00. The highest BCUT2D eigenvalue weighted by molar-refractivity contribution is 5.76. The Kier molecular flexibility index (Phi) is 6.07. The van der Waals surface area contributed by atoms with Crippen molar-refractivity contribution < 1.29 is 9.53 Å². The molecule has 0 spiro atoms. The predicted molar refractivity (Wildman–Crippen MR) is 127 cm³/mol. The molecule has 0 radical (unpaired) electrons. The number of hydrogen-bond donors (Lipinski definition) is 0. The Labute approximate surface area is 193 Å². The van der Waals surface area contributed by atoms with Crippen molar-refractivity contribution in [1.29, 1.82) is 0 Å². The lowest BCUT2D eigenvalue weighted by Crippen LogP contribution is -2.49. The van der Waals surface area contributed by atoms with Crippen molar-refractivity contribution in [2.45, 2.75) is 45.6 Å². The van der Waals surface area contributed by atoms with E-state index in [2.05, 4.69) is 16.1 Å².